The van der Waals surface area contributed by atoms with Gasteiger partial charge in [0.25, 0.3) is 6.43 Å². The van der Waals surface area contributed by atoms with E-state index < -0.39 is 13.0 Å². The molecule has 0 aliphatic carbocycles. The molecule has 0 saturated heterocycles. The molecule has 0 fully saturated rings. The van der Waals surface area contributed by atoms with Crippen LogP contribution in [0, 0.1) is 0 Å². The predicted molar refractivity (Wildman–Crippen MR) is 48.7 cm³/mol. The van der Waals surface area contributed by atoms with Gasteiger partial charge >= 0.3 is 6.01 Å². The molecule has 4 N–H and O–H groups in total. The number of halogens is 2. The Labute approximate surface area is 84.0 Å². The van der Waals surface area contributed by atoms with Gasteiger partial charge in [0.05, 0.1) is 13.7 Å². The molecule has 1 heterocycles. The number of aromatic nitrogens is 3. The van der Waals surface area contributed by atoms with E-state index in [1.165, 1.54) is 7.11 Å². The molecule has 84 valence electrons. The van der Waals surface area contributed by atoms with Crippen LogP contribution >= 0.6 is 0 Å². The number of methoxy groups -OCH3 is 1. The number of alkyl halides is 2. The number of nitrogens with one attached hydrogen (secondary N) is 2. The molecule has 0 aromatic carbocycles. The monoisotopic (exact) mass is 220 g/mol. The van der Waals surface area contributed by atoms with E-state index in [9.17, 15) is 8.78 Å². The van der Waals surface area contributed by atoms with E-state index in [0.29, 0.717) is 0 Å². The fraction of sp³-hybridized carbons (Fsp3) is 0.500. The van der Waals surface area contributed by atoms with E-state index in [1.807, 2.05) is 0 Å². The lowest BCUT2D eigenvalue weighted by Crippen LogP contribution is -2.16. The van der Waals surface area contributed by atoms with Crippen molar-refractivity contribution in [1.29, 1.82) is 0 Å². The summed E-state index contributed by atoms with van der Waals surface area (Å²) >= 11 is 0. The maximum atomic E-state index is 11.9. The molecule has 0 saturated carbocycles. The summed E-state index contributed by atoms with van der Waals surface area (Å²) in [6, 6.07) is -0.0188. The molecule has 0 spiro atoms. The van der Waals surface area contributed by atoms with E-state index in [-0.39, 0.29) is 17.9 Å². The Morgan fingerprint density at radius 3 is 2.53 bits per heavy atom. The summed E-state index contributed by atoms with van der Waals surface area (Å²) in [6.07, 6.45) is -2.50. The zero-order valence-electron chi connectivity index (χ0n) is 7.87. The van der Waals surface area contributed by atoms with Gasteiger partial charge in [-0.3, -0.25) is 5.43 Å². The molecule has 0 aliphatic heterocycles. The van der Waals surface area contributed by atoms with E-state index in [1.54, 1.807) is 0 Å². The van der Waals surface area contributed by atoms with Crippen LogP contribution < -0.4 is 21.3 Å². The number of nitrogens with zero attached hydrogens (tertiary/aromatic N) is 3. The number of hydrogen-bond donors (Lipinski definition) is 3. The predicted octanol–water partition coefficient (Wildman–Crippen LogP) is -0.157. The fourth-order valence-electron chi connectivity index (χ4n) is 0.760. The summed E-state index contributed by atoms with van der Waals surface area (Å²) in [6.45, 7) is -0.558. The molecular weight excluding hydrogens is 210 g/mol. The average Bonchev–Trinajstić information content (AvgIpc) is 2.25. The number of hydrazine groups is 1. The molecule has 0 radical (unpaired) electrons. The Kier molecular flexibility index (Phi) is 3.92. The van der Waals surface area contributed by atoms with Crippen molar-refractivity contribution in [3.8, 4) is 6.01 Å². The first-order valence-corrected chi connectivity index (χ1v) is 3.94. The Morgan fingerprint density at radius 1 is 1.33 bits per heavy atom. The van der Waals surface area contributed by atoms with Gasteiger partial charge in [-0.2, -0.15) is 15.0 Å². The van der Waals surface area contributed by atoms with Gasteiger partial charge in [-0.05, 0) is 0 Å². The number of hydrogen-bond acceptors (Lipinski definition) is 7. The first kappa shape index (κ1) is 11.3. The number of nitrogens with two attached hydrogens (primary N) is 1. The normalized spacial score (nSPS) is 10.2. The van der Waals surface area contributed by atoms with E-state index in [0.717, 1.165) is 0 Å². The van der Waals surface area contributed by atoms with Crippen molar-refractivity contribution in [3.63, 3.8) is 0 Å². The van der Waals surface area contributed by atoms with Crippen molar-refractivity contribution < 1.29 is 13.5 Å². The highest BCUT2D eigenvalue weighted by Crippen LogP contribution is 2.09. The molecule has 0 atom stereocenters. The second-order valence-corrected chi connectivity index (χ2v) is 2.39. The lowest BCUT2D eigenvalue weighted by atomic mass is 10.6. The van der Waals surface area contributed by atoms with Crippen molar-refractivity contribution in [2.75, 3.05) is 24.4 Å². The van der Waals surface area contributed by atoms with Crippen LogP contribution in [0.1, 0.15) is 0 Å². The standard InChI is InChI=1S/C6H10F2N6O/c1-15-6-12-4(10-2-3(7)8)11-5(13-6)14-9/h3H,2,9H2,1H3,(H2,10,11,12,13,14). The molecule has 7 nitrogen and oxygen atoms in total. The lowest BCUT2D eigenvalue weighted by molar-refractivity contribution is 0.163. The molecule has 1 aromatic heterocycles. The van der Waals surface area contributed by atoms with Crippen LogP contribution in [0.5, 0.6) is 6.01 Å². The quantitative estimate of drug-likeness (QED) is 0.468. The maximum absolute atomic E-state index is 11.9. The zero-order chi connectivity index (χ0) is 11.3. The third-order valence-corrected chi connectivity index (χ3v) is 1.34. The first-order chi connectivity index (χ1) is 7.15. The van der Waals surface area contributed by atoms with Crippen LogP contribution in [0.25, 0.3) is 0 Å². The third-order valence-electron chi connectivity index (χ3n) is 1.34. The van der Waals surface area contributed by atoms with Crippen LogP contribution in [0.2, 0.25) is 0 Å². The molecule has 0 bridgehead atoms. The van der Waals surface area contributed by atoms with E-state index in [4.69, 9.17) is 10.6 Å². The van der Waals surface area contributed by atoms with Gasteiger partial charge in [0.1, 0.15) is 0 Å². The highest BCUT2D eigenvalue weighted by atomic mass is 19.3. The van der Waals surface area contributed by atoms with E-state index in [2.05, 4.69) is 25.7 Å². The maximum Gasteiger partial charge on any atom is 0.322 e. The highest BCUT2D eigenvalue weighted by Gasteiger charge is 2.07. The second kappa shape index (κ2) is 5.20. The largest absolute Gasteiger partial charge is 0.467 e. The minimum Gasteiger partial charge on any atom is -0.467 e. The van der Waals surface area contributed by atoms with E-state index >= 15 is 0 Å². The number of nitrogen functional groups attached to an aromatic ring is 1. The van der Waals surface area contributed by atoms with Crippen LogP contribution in [0.15, 0.2) is 0 Å². The second-order valence-electron chi connectivity index (χ2n) is 2.39. The summed E-state index contributed by atoms with van der Waals surface area (Å²) in [7, 11) is 1.34. The number of anilines is 2. The van der Waals surface area contributed by atoms with Gasteiger partial charge in [-0.15, -0.1) is 0 Å². The molecule has 1 rings (SSSR count). The fourth-order valence-corrected chi connectivity index (χ4v) is 0.760. The minimum absolute atomic E-state index is 0.0188. The molecular formula is C6H10F2N6O. The highest BCUT2D eigenvalue weighted by molar-refractivity contribution is 5.34. The number of rotatable bonds is 5. The summed E-state index contributed by atoms with van der Waals surface area (Å²) in [4.78, 5) is 11.1. The summed E-state index contributed by atoms with van der Waals surface area (Å²) in [5.74, 6) is 5.06. The Hall–Kier alpha value is -1.77. The SMILES string of the molecule is COc1nc(NN)nc(NCC(F)F)n1. The van der Waals surface area contributed by atoms with Gasteiger partial charge in [0.2, 0.25) is 11.9 Å². The molecule has 15 heavy (non-hydrogen) atoms. The average molecular weight is 220 g/mol. The van der Waals surface area contributed by atoms with Gasteiger partial charge in [0.15, 0.2) is 0 Å². The first-order valence-electron chi connectivity index (χ1n) is 3.94. The Balaban J connectivity index is 2.77. The molecule has 1 aromatic rings. The van der Waals surface area contributed by atoms with Crippen LogP contribution in [-0.2, 0) is 0 Å². The lowest BCUT2D eigenvalue weighted by Gasteiger charge is -2.06. The van der Waals surface area contributed by atoms with Crippen LogP contribution in [-0.4, -0.2) is 35.0 Å². The van der Waals surface area contributed by atoms with Crippen LogP contribution in [0.4, 0.5) is 20.7 Å². The smallest absolute Gasteiger partial charge is 0.322 e. The zero-order valence-corrected chi connectivity index (χ0v) is 7.87. The topological polar surface area (TPSA) is 98.0 Å². The van der Waals surface area contributed by atoms with Crippen molar-refractivity contribution in [2.45, 2.75) is 6.43 Å². The van der Waals surface area contributed by atoms with Crippen molar-refractivity contribution in [3.05, 3.63) is 0 Å². The molecule has 9 heteroatoms. The summed E-state index contributed by atoms with van der Waals surface area (Å²) < 4.78 is 28.5. The molecule has 0 amide bonds. The van der Waals surface area contributed by atoms with Gasteiger partial charge < -0.3 is 10.1 Å². The van der Waals surface area contributed by atoms with Crippen molar-refractivity contribution >= 4 is 11.9 Å². The van der Waals surface area contributed by atoms with Gasteiger partial charge in [0, 0.05) is 0 Å². The summed E-state index contributed by atoms with van der Waals surface area (Å²) in [5.41, 5.74) is 2.16. The summed E-state index contributed by atoms with van der Waals surface area (Å²) in [5, 5.41) is 2.31. The molecule has 0 unspecified atom stereocenters. The van der Waals surface area contributed by atoms with Crippen molar-refractivity contribution in [2.24, 2.45) is 5.84 Å². The third kappa shape index (κ3) is 3.46. The van der Waals surface area contributed by atoms with Gasteiger partial charge in [-0.1, -0.05) is 0 Å². The van der Waals surface area contributed by atoms with Gasteiger partial charge in [-0.25, -0.2) is 14.6 Å². The number of ether oxygens (including phenoxy) is 1. The Bertz CT molecular complexity index is 300. The van der Waals surface area contributed by atoms with Crippen LogP contribution in [0.3, 0.4) is 0 Å². The van der Waals surface area contributed by atoms with Crippen molar-refractivity contribution in [1.82, 2.24) is 15.0 Å². The molecule has 0 aliphatic rings. The minimum atomic E-state index is -2.50. The Morgan fingerprint density at radius 2 is 2.00 bits per heavy atom.